The van der Waals surface area contributed by atoms with Gasteiger partial charge in [-0.15, -0.1) is 11.3 Å². The lowest BCUT2D eigenvalue weighted by Crippen LogP contribution is -2.43. The number of ether oxygens (including phenoxy) is 1. The van der Waals surface area contributed by atoms with Crippen molar-refractivity contribution in [3.8, 4) is 0 Å². The molecule has 0 radical (unpaired) electrons. The van der Waals surface area contributed by atoms with Gasteiger partial charge in [0.25, 0.3) is 0 Å². The van der Waals surface area contributed by atoms with Gasteiger partial charge < -0.3 is 9.64 Å². The monoisotopic (exact) mass is 350 g/mol. The van der Waals surface area contributed by atoms with Crippen LogP contribution in [0.1, 0.15) is 28.7 Å². The number of rotatable bonds is 4. The lowest BCUT2D eigenvalue weighted by atomic mass is 10.1. The number of carbonyl (C=O) groups excluding carboxylic acids is 1. The molecular weight excluding hydrogens is 332 g/mol. The van der Waals surface area contributed by atoms with E-state index in [0.717, 1.165) is 22.7 Å². The minimum atomic E-state index is -0.0635. The molecule has 0 N–H and O–H groups in total. The summed E-state index contributed by atoms with van der Waals surface area (Å²) >= 11 is 7.50. The number of morpholine rings is 1. The Morgan fingerprint density at radius 1 is 1.43 bits per heavy atom. The first-order chi connectivity index (χ1) is 11.1. The molecule has 1 aliphatic heterocycles. The molecule has 2 aromatic rings. The van der Waals surface area contributed by atoms with Gasteiger partial charge in [0.05, 0.1) is 30.0 Å². The van der Waals surface area contributed by atoms with Gasteiger partial charge in [-0.1, -0.05) is 23.7 Å². The summed E-state index contributed by atoms with van der Waals surface area (Å²) in [6, 6.07) is 7.59. The van der Waals surface area contributed by atoms with E-state index in [-0.39, 0.29) is 11.9 Å². The highest BCUT2D eigenvalue weighted by Gasteiger charge is 2.29. The van der Waals surface area contributed by atoms with Crippen LogP contribution in [0.4, 0.5) is 0 Å². The topological polar surface area (TPSA) is 42.4 Å². The fourth-order valence-corrected chi connectivity index (χ4v) is 3.51. The van der Waals surface area contributed by atoms with Crippen LogP contribution >= 0.6 is 22.9 Å². The summed E-state index contributed by atoms with van der Waals surface area (Å²) in [4.78, 5) is 19.1. The second kappa shape index (κ2) is 7.43. The minimum Gasteiger partial charge on any atom is -0.377 e. The highest BCUT2D eigenvalue weighted by Crippen LogP contribution is 2.26. The van der Waals surface area contributed by atoms with E-state index < -0.39 is 0 Å². The Morgan fingerprint density at radius 3 is 2.91 bits per heavy atom. The molecule has 1 saturated heterocycles. The van der Waals surface area contributed by atoms with Crippen LogP contribution in [-0.4, -0.2) is 35.5 Å². The number of amides is 1. The van der Waals surface area contributed by atoms with Gasteiger partial charge in [0.15, 0.2) is 0 Å². The molecule has 0 spiro atoms. The van der Waals surface area contributed by atoms with E-state index >= 15 is 0 Å². The zero-order valence-electron chi connectivity index (χ0n) is 13.0. The third-order valence-electron chi connectivity index (χ3n) is 3.97. The SMILES string of the molecule is Cc1nc([C@@H]2COCCN2C(=O)CCc2ccc(Cl)cc2)cs1. The second-order valence-corrected chi connectivity index (χ2v) is 7.09. The molecule has 0 bridgehead atoms. The van der Waals surface area contributed by atoms with Crippen molar-refractivity contribution < 1.29 is 9.53 Å². The van der Waals surface area contributed by atoms with Gasteiger partial charge in [0, 0.05) is 23.4 Å². The van der Waals surface area contributed by atoms with Crippen LogP contribution in [0, 0.1) is 6.92 Å². The summed E-state index contributed by atoms with van der Waals surface area (Å²) in [6.07, 6.45) is 1.21. The number of hydrogen-bond donors (Lipinski definition) is 0. The van der Waals surface area contributed by atoms with Gasteiger partial charge in [0.2, 0.25) is 5.91 Å². The quantitative estimate of drug-likeness (QED) is 0.845. The van der Waals surface area contributed by atoms with E-state index in [1.165, 1.54) is 0 Å². The largest absolute Gasteiger partial charge is 0.377 e. The number of benzene rings is 1. The van der Waals surface area contributed by atoms with Crippen molar-refractivity contribution in [3.05, 3.63) is 50.9 Å². The van der Waals surface area contributed by atoms with Crippen molar-refractivity contribution in [1.82, 2.24) is 9.88 Å². The van der Waals surface area contributed by atoms with Crippen molar-refractivity contribution in [2.45, 2.75) is 25.8 Å². The van der Waals surface area contributed by atoms with E-state index in [9.17, 15) is 4.79 Å². The maximum absolute atomic E-state index is 12.6. The van der Waals surface area contributed by atoms with E-state index in [1.807, 2.05) is 41.5 Å². The summed E-state index contributed by atoms with van der Waals surface area (Å²) in [5.74, 6) is 0.152. The predicted molar refractivity (Wildman–Crippen MR) is 91.9 cm³/mol. The zero-order chi connectivity index (χ0) is 16.2. The average molecular weight is 351 g/mol. The number of carbonyl (C=O) groups is 1. The Balaban J connectivity index is 1.65. The predicted octanol–water partition coefficient (Wildman–Crippen LogP) is 3.64. The number of aromatic nitrogens is 1. The third kappa shape index (κ3) is 4.10. The fraction of sp³-hybridized carbons (Fsp3) is 0.412. The molecule has 1 aliphatic rings. The lowest BCUT2D eigenvalue weighted by Gasteiger charge is -2.34. The molecule has 0 unspecified atom stereocenters. The second-order valence-electron chi connectivity index (χ2n) is 5.60. The molecule has 0 saturated carbocycles. The summed E-state index contributed by atoms with van der Waals surface area (Å²) in [6.45, 7) is 3.72. The van der Waals surface area contributed by atoms with Crippen LogP contribution in [0.3, 0.4) is 0 Å². The molecule has 1 aromatic heterocycles. The first kappa shape index (κ1) is 16.4. The molecule has 3 rings (SSSR count). The van der Waals surface area contributed by atoms with Crippen molar-refractivity contribution in [2.75, 3.05) is 19.8 Å². The van der Waals surface area contributed by atoms with Crippen LogP contribution in [0.15, 0.2) is 29.6 Å². The van der Waals surface area contributed by atoms with E-state index in [2.05, 4.69) is 4.98 Å². The summed E-state index contributed by atoms with van der Waals surface area (Å²) in [5, 5.41) is 3.75. The summed E-state index contributed by atoms with van der Waals surface area (Å²) in [5.41, 5.74) is 2.06. The normalized spacial score (nSPS) is 18.2. The molecule has 4 nitrogen and oxygen atoms in total. The molecule has 2 heterocycles. The Hall–Kier alpha value is -1.43. The molecule has 0 aliphatic carbocycles. The molecule has 122 valence electrons. The van der Waals surface area contributed by atoms with Gasteiger partial charge in [-0.05, 0) is 31.0 Å². The van der Waals surface area contributed by atoms with Crippen LogP contribution in [-0.2, 0) is 16.0 Å². The van der Waals surface area contributed by atoms with E-state index in [1.54, 1.807) is 11.3 Å². The third-order valence-corrected chi connectivity index (χ3v) is 5.01. The molecule has 1 fully saturated rings. The number of hydrogen-bond acceptors (Lipinski definition) is 4. The molecular formula is C17H19ClN2O2S. The Morgan fingerprint density at radius 2 is 2.22 bits per heavy atom. The molecule has 1 aromatic carbocycles. The van der Waals surface area contributed by atoms with Gasteiger partial charge in [-0.3, -0.25) is 4.79 Å². The Kier molecular flexibility index (Phi) is 5.30. The van der Waals surface area contributed by atoms with Crippen LogP contribution in [0.5, 0.6) is 0 Å². The molecule has 6 heteroatoms. The first-order valence-corrected chi connectivity index (χ1v) is 8.93. The van der Waals surface area contributed by atoms with Crippen molar-refractivity contribution >= 4 is 28.8 Å². The van der Waals surface area contributed by atoms with E-state index in [0.29, 0.717) is 31.2 Å². The summed E-state index contributed by atoms with van der Waals surface area (Å²) in [7, 11) is 0. The fourth-order valence-electron chi connectivity index (χ4n) is 2.73. The van der Waals surface area contributed by atoms with Gasteiger partial charge in [-0.25, -0.2) is 4.98 Å². The van der Waals surface area contributed by atoms with Gasteiger partial charge >= 0.3 is 0 Å². The van der Waals surface area contributed by atoms with Crippen molar-refractivity contribution in [3.63, 3.8) is 0 Å². The smallest absolute Gasteiger partial charge is 0.223 e. The Labute approximate surface area is 145 Å². The first-order valence-electron chi connectivity index (χ1n) is 7.67. The maximum Gasteiger partial charge on any atom is 0.223 e. The van der Waals surface area contributed by atoms with E-state index in [4.69, 9.17) is 16.3 Å². The van der Waals surface area contributed by atoms with Gasteiger partial charge in [-0.2, -0.15) is 0 Å². The maximum atomic E-state index is 12.6. The molecule has 23 heavy (non-hydrogen) atoms. The van der Waals surface area contributed by atoms with Crippen molar-refractivity contribution in [1.29, 1.82) is 0 Å². The van der Waals surface area contributed by atoms with Gasteiger partial charge in [0.1, 0.15) is 0 Å². The molecule has 1 amide bonds. The molecule has 1 atom stereocenters. The van der Waals surface area contributed by atoms with Crippen LogP contribution < -0.4 is 0 Å². The number of halogens is 1. The van der Waals surface area contributed by atoms with Crippen LogP contribution in [0.2, 0.25) is 5.02 Å². The number of nitrogens with zero attached hydrogens (tertiary/aromatic N) is 2. The lowest BCUT2D eigenvalue weighted by molar-refractivity contribution is -0.140. The average Bonchev–Trinajstić information content (AvgIpc) is 3.00. The zero-order valence-corrected chi connectivity index (χ0v) is 14.6. The highest BCUT2D eigenvalue weighted by atomic mass is 35.5. The number of aryl methyl sites for hydroxylation is 2. The summed E-state index contributed by atoms with van der Waals surface area (Å²) < 4.78 is 5.56. The highest BCUT2D eigenvalue weighted by molar-refractivity contribution is 7.09. The standard InChI is InChI=1S/C17H19ClN2O2S/c1-12-19-15(11-23-12)16-10-22-9-8-20(16)17(21)7-4-13-2-5-14(18)6-3-13/h2-3,5-6,11,16H,4,7-10H2,1H3/t16-/m0/s1. The minimum absolute atomic E-state index is 0.0635. The van der Waals surface area contributed by atoms with Crippen LogP contribution in [0.25, 0.3) is 0 Å². The number of thiazole rings is 1. The van der Waals surface area contributed by atoms with Crippen molar-refractivity contribution in [2.24, 2.45) is 0 Å². The Bertz CT molecular complexity index is 671.